The molecule has 2 rings (SSSR count). The van der Waals surface area contributed by atoms with Crippen molar-refractivity contribution in [2.45, 2.75) is 32.2 Å². The number of anilines is 1. The Bertz CT molecular complexity index is 269. The molecule has 0 radical (unpaired) electrons. The summed E-state index contributed by atoms with van der Waals surface area (Å²) in [5.41, 5.74) is 2.71. The van der Waals surface area contributed by atoms with Crippen molar-refractivity contribution >= 4 is 18.1 Å². The fourth-order valence-electron chi connectivity index (χ4n) is 1.34. The van der Waals surface area contributed by atoms with E-state index in [2.05, 4.69) is 36.5 Å². The van der Waals surface area contributed by atoms with Crippen molar-refractivity contribution in [1.82, 2.24) is 0 Å². The highest BCUT2D eigenvalue weighted by atomic mass is 35.5. The van der Waals surface area contributed by atoms with E-state index < -0.39 is 0 Å². The molecule has 1 saturated carbocycles. The van der Waals surface area contributed by atoms with Gasteiger partial charge in [0.05, 0.1) is 0 Å². The predicted molar refractivity (Wildman–Crippen MR) is 59.7 cm³/mol. The first kappa shape index (κ1) is 10.4. The highest BCUT2D eigenvalue weighted by Gasteiger charge is 2.20. The second-order valence-corrected chi connectivity index (χ2v) is 3.47. The molecule has 0 bridgehead atoms. The third kappa shape index (κ3) is 2.92. The van der Waals surface area contributed by atoms with Crippen molar-refractivity contribution in [3.8, 4) is 0 Å². The van der Waals surface area contributed by atoms with Crippen LogP contribution in [0.2, 0.25) is 0 Å². The van der Waals surface area contributed by atoms with Gasteiger partial charge < -0.3 is 5.32 Å². The van der Waals surface area contributed by atoms with Crippen molar-refractivity contribution in [3.63, 3.8) is 0 Å². The molecule has 2 heteroatoms. The van der Waals surface area contributed by atoms with Crippen LogP contribution in [0.5, 0.6) is 0 Å². The van der Waals surface area contributed by atoms with E-state index in [0.29, 0.717) is 0 Å². The average Bonchev–Trinajstić information content (AvgIpc) is 2.89. The zero-order valence-electron chi connectivity index (χ0n) is 7.92. The molecule has 72 valence electrons. The third-order valence-corrected chi connectivity index (χ3v) is 2.28. The first-order valence-electron chi connectivity index (χ1n) is 4.74. The summed E-state index contributed by atoms with van der Waals surface area (Å²) < 4.78 is 0. The molecule has 1 aliphatic carbocycles. The maximum Gasteiger partial charge on any atom is 0.0345 e. The number of aryl methyl sites for hydroxylation is 1. The van der Waals surface area contributed by atoms with Crippen molar-refractivity contribution in [2.24, 2.45) is 0 Å². The molecule has 0 atom stereocenters. The lowest BCUT2D eigenvalue weighted by molar-refractivity contribution is 1.12. The Kier molecular flexibility index (Phi) is 3.61. The Morgan fingerprint density at radius 3 is 2.77 bits per heavy atom. The number of halogens is 1. The average molecular weight is 198 g/mol. The molecule has 0 aliphatic heterocycles. The van der Waals surface area contributed by atoms with Crippen LogP contribution in [0.25, 0.3) is 0 Å². The highest BCUT2D eigenvalue weighted by molar-refractivity contribution is 5.85. The molecule has 0 saturated heterocycles. The van der Waals surface area contributed by atoms with Crippen LogP contribution < -0.4 is 5.32 Å². The first-order valence-corrected chi connectivity index (χ1v) is 4.74. The van der Waals surface area contributed by atoms with E-state index in [1.807, 2.05) is 0 Å². The summed E-state index contributed by atoms with van der Waals surface area (Å²) in [6.45, 7) is 2.19. The van der Waals surface area contributed by atoms with Crippen LogP contribution in [-0.2, 0) is 6.42 Å². The van der Waals surface area contributed by atoms with Gasteiger partial charge in [-0.15, -0.1) is 12.4 Å². The Morgan fingerprint density at radius 1 is 1.38 bits per heavy atom. The van der Waals surface area contributed by atoms with Gasteiger partial charge in [0, 0.05) is 11.7 Å². The van der Waals surface area contributed by atoms with E-state index in [-0.39, 0.29) is 12.4 Å². The van der Waals surface area contributed by atoms with E-state index >= 15 is 0 Å². The second kappa shape index (κ2) is 4.52. The lowest BCUT2D eigenvalue weighted by Crippen LogP contribution is -2.00. The van der Waals surface area contributed by atoms with Crippen LogP contribution in [-0.4, -0.2) is 6.04 Å². The molecular formula is C11H16ClN. The largest absolute Gasteiger partial charge is 0.382 e. The van der Waals surface area contributed by atoms with Crippen LogP contribution in [0.15, 0.2) is 24.3 Å². The van der Waals surface area contributed by atoms with Crippen LogP contribution >= 0.6 is 12.4 Å². The van der Waals surface area contributed by atoms with Gasteiger partial charge in [-0.1, -0.05) is 19.1 Å². The van der Waals surface area contributed by atoms with Crippen LogP contribution in [0, 0.1) is 0 Å². The van der Waals surface area contributed by atoms with Crippen LogP contribution in [0.1, 0.15) is 25.3 Å². The minimum Gasteiger partial charge on any atom is -0.382 e. The van der Waals surface area contributed by atoms with Gasteiger partial charge in [0.1, 0.15) is 0 Å². The number of hydrogen-bond donors (Lipinski definition) is 1. The van der Waals surface area contributed by atoms with E-state index in [1.54, 1.807) is 0 Å². The molecule has 13 heavy (non-hydrogen) atoms. The summed E-state index contributed by atoms with van der Waals surface area (Å²) in [6, 6.07) is 9.47. The molecular weight excluding hydrogens is 182 g/mol. The van der Waals surface area contributed by atoms with Crippen LogP contribution in [0.3, 0.4) is 0 Å². The molecule has 0 heterocycles. The molecule has 0 aromatic heterocycles. The monoisotopic (exact) mass is 197 g/mol. The minimum absolute atomic E-state index is 0. The summed E-state index contributed by atoms with van der Waals surface area (Å²) in [7, 11) is 0. The van der Waals surface area contributed by atoms with Gasteiger partial charge >= 0.3 is 0 Å². The second-order valence-electron chi connectivity index (χ2n) is 3.47. The summed E-state index contributed by atoms with van der Waals surface area (Å²) in [4.78, 5) is 0. The molecule has 0 unspecified atom stereocenters. The Hall–Kier alpha value is -0.690. The molecule has 1 nitrogen and oxygen atoms in total. The quantitative estimate of drug-likeness (QED) is 0.785. The van der Waals surface area contributed by atoms with Gasteiger partial charge in [-0.25, -0.2) is 0 Å². The fourth-order valence-corrected chi connectivity index (χ4v) is 1.34. The minimum atomic E-state index is 0. The maximum atomic E-state index is 3.49. The van der Waals surface area contributed by atoms with Gasteiger partial charge in [0.25, 0.3) is 0 Å². The number of benzene rings is 1. The molecule has 0 amide bonds. The van der Waals surface area contributed by atoms with Crippen molar-refractivity contribution in [3.05, 3.63) is 29.8 Å². The van der Waals surface area contributed by atoms with E-state index in [9.17, 15) is 0 Å². The molecule has 1 N–H and O–H groups in total. The van der Waals surface area contributed by atoms with E-state index in [0.717, 1.165) is 12.5 Å². The van der Waals surface area contributed by atoms with E-state index in [4.69, 9.17) is 0 Å². The first-order chi connectivity index (χ1) is 5.88. The topological polar surface area (TPSA) is 12.0 Å². The Labute approximate surface area is 86.0 Å². The predicted octanol–water partition coefficient (Wildman–Crippen LogP) is 3.25. The van der Waals surface area contributed by atoms with Gasteiger partial charge in [-0.05, 0) is 37.0 Å². The molecule has 1 fully saturated rings. The molecule has 0 spiro atoms. The van der Waals surface area contributed by atoms with E-state index in [1.165, 1.54) is 24.1 Å². The van der Waals surface area contributed by atoms with Gasteiger partial charge in [0.15, 0.2) is 0 Å². The van der Waals surface area contributed by atoms with Crippen molar-refractivity contribution < 1.29 is 0 Å². The normalized spacial score (nSPS) is 14.8. The summed E-state index contributed by atoms with van der Waals surface area (Å²) in [5.74, 6) is 0. The smallest absolute Gasteiger partial charge is 0.0345 e. The van der Waals surface area contributed by atoms with Gasteiger partial charge in [-0.3, -0.25) is 0 Å². The van der Waals surface area contributed by atoms with Gasteiger partial charge in [-0.2, -0.15) is 0 Å². The fraction of sp³-hybridized carbons (Fsp3) is 0.455. The number of rotatable bonds is 3. The number of nitrogens with one attached hydrogen (secondary N) is 1. The summed E-state index contributed by atoms with van der Waals surface area (Å²) in [6.07, 6.45) is 3.81. The standard InChI is InChI=1S/C11H15N.ClH/c1-2-9-4-3-5-11(8-9)12-10-6-7-10;/h3-5,8,10,12H,2,6-7H2,1H3;1H. The lowest BCUT2D eigenvalue weighted by atomic mass is 10.1. The lowest BCUT2D eigenvalue weighted by Gasteiger charge is -2.05. The Morgan fingerprint density at radius 2 is 2.15 bits per heavy atom. The Balaban J connectivity index is 0.000000845. The van der Waals surface area contributed by atoms with Gasteiger partial charge in [0.2, 0.25) is 0 Å². The summed E-state index contributed by atoms with van der Waals surface area (Å²) >= 11 is 0. The van der Waals surface area contributed by atoms with Crippen molar-refractivity contribution in [1.29, 1.82) is 0 Å². The van der Waals surface area contributed by atoms with Crippen molar-refractivity contribution in [2.75, 3.05) is 5.32 Å². The molecule has 1 aromatic carbocycles. The number of hydrogen-bond acceptors (Lipinski definition) is 1. The molecule has 1 aromatic rings. The summed E-state index contributed by atoms with van der Waals surface area (Å²) in [5, 5.41) is 3.49. The zero-order chi connectivity index (χ0) is 8.39. The SMILES string of the molecule is CCc1cccc(NC2CC2)c1.Cl. The third-order valence-electron chi connectivity index (χ3n) is 2.28. The zero-order valence-corrected chi connectivity index (χ0v) is 8.73. The molecule has 1 aliphatic rings. The highest BCUT2D eigenvalue weighted by Crippen LogP contribution is 2.24. The maximum absolute atomic E-state index is 3.49. The van der Waals surface area contributed by atoms with Crippen LogP contribution in [0.4, 0.5) is 5.69 Å².